The molecule has 2 aliphatic rings. The molecule has 0 aromatic carbocycles. The van der Waals surface area contributed by atoms with E-state index in [0.717, 1.165) is 43.0 Å². The first-order chi connectivity index (χ1) is 14.9. The second-order valence-electron chi connectivity index (χ2n) is 11.1. The Kier molecular flexibility index (Phi) is 9.44. The summed E-state index contributed by atoms with van der Waals surface area (Å²) in [5.74, 6) is 0.112. The summed E-state index contributed by atoms with van der Waals surface area (Å²) in [6, 6.07) is 0.450. The summed E-state index contributed by atoms with van der Waals surface area (Å²) in [5.41, 5.74) is 3.01. The number of amides is 1. The van der Waals surface area contributed by atoms with E-state index in [1.54, 1.807) is 0 Å². The highest BCUT2D eigenvalue weighted by molar-refractivity contribution is 5.83. The van der Waals surface area contributed by atoms with Crippen LogP contribution in [-0.2, 0) is 4.79 Å². The van der Waals surface area contributed by atoms with Crippen molar-refractivity contribution >= 4 is 5.91 Å². The highest BCUT2D eigenvalue weighted by Crippen LogP contribution is 2.27. The van der Waals surface area contributed by atoms with Gasteiger partial charge in [0.1, 0.15) is 6.04 Å². The average Bonchev–Trinajstić information content (AvgIpc) is 3.28. The van der Waals surface area contributed by atoms with Crippen LogP contribution in [0, 0.1) is 5.41 Å². The van der Waals surface area contributed by atoms with Crippen LogP contribution in [0.1, 0.15) is 73.6 Å². The fraction of sp³-hybridized carbons (Fsp3) is 0.741. The van der Waals surface area contributed by atoms with Gasteiger partial charge in [-0.25, -0.2) is 0 Å². The minimum atomic E-state index is -0.313. The fourth-order valence-corrected chi connectivity index (χ4v) is 4.81. The number of allylic oxidation sites excluding steroid dienone is 1. The molecule has 0 aromatic heterocycles. The molecular weight excluding hydrogens is 396 g/mol. The van der Waals surface area contributed by atoms with E-state index in [0.29, 0.717) is 12.6 Å². The summed E-state index contributed by atoms with van der Waals surface area (Å²) in [5, 5.41) is 3.57. The molecule has 5 heteroatoms. The van der Waals surface area contributed by atoms with Gasteiger partial charge in [-0.05, 0) is 64.0 Å². The molecule has 0 bridgehead atoms. The van der Waals surface area contributed by atoms with Crippen molar-refractivity contribution in [1.29, 1.82) is 0 Å². The summed E-state index contributed by atoms with van der Waals surface area (Å²) in [6.07, 6.45) is 8.17. The maximum atomic E-state index is 13.5. The number of carbonyl (C=O) groups is 1. The zero-order chi connectivity index (χ0) is 24.1. The first-order valence-corrected chi connectivity index (χ1v) is 12.5. The van der Waals surface area contributed by atoms with E-state index in [2.05, 4.69) is 75.9 Å². The molecule has 0 aliphatic carbocycles. The number of carbonyl (C=O) groups excluding carboxylic acids is 1. The van der Waals surface area contributed by atoms with E-state index >= 15 is 0 Å². The van der Waals surface area contributed by atoms with Gasteiger partial charge in [-0.3, -0.25) is 9.69 Å². The Morgan fingerprint density at radius 3 is 2.28 bits per heavy atom. The summed E-state index contributed by atoms with van der Waals surface area (Å²) in [6.45, 7) is 25.5. The van der Waals surface area contributed by atoms with Crippen molar-refractivity contribution in [2.75, 3.05) is 33.2 Å². The highest BCUT2D eigenvalue weighted by atomic mass is 16.2. The van der Waals surface area contributed by atoms with E-state index in [-0.39, 0.29) is 23.4 Å². The topological polar surface area (TPSA) is 38.8 Å². The Balaban J connectivity index is 2.06. The first-order valence-electron chi connectivity index (χ1n) is 12.5. The van der Waals surface area contributed by atoms with Crippen LogP contribution < -0.4 is 5.32 Å². The third-order valence-corrected chi connectivity index (χ3v) is 7.04. The van der Waals surface area contributed by atoms with Crippen LogP contribution in [0.25, 0.3) is 0 Å². The smallest absolute Gasteiger partial charge is 0.245 e. The van der Waals surface area contributed by atoms with Gasteiger partial charge in [-0.2, -0.15) is 0 Å². The number of hydrogen-bond acceptors (Lipinski definition) is 4. The van der Waals surface area contributed by atoms with Gasteiger partial charge >= 0.3 is 0 Å². The quantitative estimate of drug-likeness (QED) is 0.520. The molecule has 1 amide bonds. The van der Waals surface area contributed by atoms with Gasteiger partial charge in [0.15, 0.2) is 0 Å². The van der Waals surface area contributed by atoms with Crippen molar-refractivity contribution < 1.29 is 4.79 Å². The largest absolute Gasteiger partial charge is 0.376 e. The summed E-state index contributed by atoms with van der Waals surface area (Å²) < 4.78 is 0. The van der Waals surface area contributed by atoms with Crippen LogP contribution in [0.4, 0.5) is 0 Å². The normalized spacial score (nSPS) is 21.6. The molecule has 2 atom stereocenters. The number of piperidine rings is 1. The van der Waals surface area contributed by atoms with Crippen molar-refractivity contribution in [3.05, 3.63) is 36.2 Å². The molecule has 5 nitrogen and oxygen atoms in total. The molecule has 0 radical (unpaired) electrons. The maximum absolute atomic E-state index is 13.5. The summed E-state index contributed by atoms with van der Waals surface area (Å²) in [4.78, 5) is 20.2. The Morgan fingerprint density at radius 2 is 1.72 bits per heavy atom. The Labute approximate surface area is 197 Å². The minimum Gasteiger partial charge on any atom is -0.376 e. The average molecular weight is 445 g/mol. The molecular formula is C27H48N4O. The number of likely N-dealkylation sites (tertiary alicyclic amines) is 2. The third kappa shape index (κ3) is 6.87. The molecule has 0 saturated carbocycles. The summed E-state index contributed by atoms with van der Waals surface area (Å²) in [7, 11) is 1.90. The lowest BCUT2D eigenvalue weighted by Gasteiger charge is -2.42. The Morgan fingerprint density at radius 1 is 1.12 bits per heavy atom. The van der Waals surface area contributed by atoms with Gasteiger partial charge in [0.25, 0.3) is 0 Å². The molecule has 2 aliphatic heterocycles. The molecule has 2 saturated heterocycles. The van der Waals surface area contributed by atoms with Crippen LogP contribution in [0.3, 0.4) is 0 Å². The monoisotopic (exact) mass is 444 g/mol. The fourth-order valence-electron chi connectivity index (χ4n) is 4.81. The van der Waals surface area contributed by atoms with Gasteiger partial charge in [-0.15, -0.1) is 0 Å². The molecule has 2 rings (SSSR count). The first kappa shape index (κ1) is 26.5. The van der Waals surface area contributed by atoms with Gasteiger partial charge in [-0.1, -0.05) is 46.4 Å². The zero-order valence-electron chi connectivity index (χ0n) is 21.8. The Bertz CT molecular complexity index is 697. The molecule has 2 unspecified atom stereocenters. The van der Waals surface area contributed by atoms with Gasteiger partial charge in [0.2, 0.25) is 5.91 Å². The second-order valence-corrected chi connectivity index (χ2v) is 11.1. The number of nitrogens with one attached hydrogen (secondary N) is 1. The molecule has 2 heterocycles. The van der Waals surface area contributed by atoms with Gasteiger partial charge in [0, 0.05) is 50.2 Å². The van der Waals surface area contributed by atoms with Crippen LogP contribution in [-0.4, -0.2) is 72.0 Å². The van der Waals surface area contributed by atoms with Crippen molar-refractivity contribution in [1.82, 2.24) is 20.0 Å². The van der Waals surface area contributed by atoms with Crippen LogP contribution in [0.5, 0.6) is 0 Å². The lowest BCUT2D eigenvalue weighted by molar-refractivity contribution is -0.134. The predicted octanol–water partition coefficient (Wildman–Crippen LogP) is 4.78. The lowest BCUT2D eigenvalue weighted by Crippen LogP contribution is -2.55. The number of nitrogens with zero attached hydrogens (tertiary/aromatic N) is 3. The van der Waals surface area contributed by atoms with E-state index in [1.165, 1.54) is 25.7 Å². The van der Waals surface area contributed by atoms with E-state index < -0.39 is 0 Å². The van der Waals surface area contributed by atoms with Crippen LogP contribution >= 0.6 is 0 Å². The van der Waals surface area contributed by atoms with Crippen molar-refractivity contribution in [2.45, 2.75) is 91.8 Å². The molecule has 0 spiro atoms. The van der Waals surface area contributed by atoms with E-state index in [9.17, 15) is 4.79 Å². The highest BCUT2D eigenvalue weighted by Gasteiger charge is 2.36. The van der Waals surface area contributed by atoms with Crippen molar-refractivity contribution in [2.24, 2.45) is 5.41 Å². The van der Waals surface area contributed by atoms with E-state index in [4.69, 9.17) is 0 Å². The van der Waals surface area contributed by atoms with Crippen LogP contribution in [0.2, 0.25) is 0 Å². The van der Waals surface area contributed by atoms with Crippen molar-refractivity contribution in [3.8, 4) is 0 Å². The van der Waals surface area contributed by atoms with Crippen LogP contribution in [0.15, 0.2) is 36.2 Å². The van der Waals surface area contributed by atoms with Crippen molar-refractivity contribution in [3.63, 3.8) is 0 Å². The SMILES string of the molecule is C=C(NC(C(=O)N(C)C/C=C(\C)C(=C)N1CCCC1)C(C)(C)C)C1CCCCN1C(C)C. The minimum absolute atomic E-state index is 0.112. The van der Waals surface area contributed by atoms with Gasteiger partial charge < -0.3 is 15.1 Å². The third-order valence-electron chi connectivity index (χ3n) is 7.04. The molecule has 2 fully saturated rings. The number of hydrogen-bond donors (Lipinski definition) is 1. The number of likely N-dealkylation sites (N-methyl/N-ethyl adjacent to an activating group) is 1. The number of rotatable bonds is 9. The maximum Gasteiger partial charge on any atom is 0.245 e. The van der Waals surface area contributed by atoms with E-state index in [1.807, 2.05) is 11.9 Å². The summed E-state index contributed by atoms with van der Waals surface area (Å²) >= 11 is 0. The lowest BCUT2D eigenvalue weighted by atomic mass is 9.85. The van der Waals surface area contributed by atoms with Gasteiger partial charge in [0.05, 0.1) is 0 Å². The Hall–Kier alpha value is -1.75. The zero-order valence-corrected chi connectivity index (χ0v) is 21.8. The molecule has 32 heavy (non-hydrogen) atoms. The predicted molar refractivity (Wildman–Crippen MR) is 136 cm³/mol. The molecule has 0 aromatic rings. The molecule has 182 valence electrons. The standard InChI is InChI=1S/C27H48N4O/c1-20(2)31-18-11-10-14-24(31)22(4)28-25(27(6,7)8)26(32)29(9)19-15-21(3)23(5)30-16-12-13-17-30/h15,20,24-25,28H,4-5,10-14,16-19H2,1-3,6-9H3/b21-15+. The second kappa shape index (κ2) is 11.4. The molecule has 1 N–H and O–H groups in total.